The largest absolute Gasteiger partial charge is 0.271 e. The van der Waals surface area contributed by atoms with E-state index in [1.807, 2.05) is 24.4 Å². The first-order valence-corrected chi connectivity index (χ1v) is 6.66. The minimum Gasteiger partial charge on any atom is -0.271 e. The first kappa shape index (κ1) is 13.7. The fourth-order valence-electron chi connectivity index (χ4n) is 2.11. The average Bonchev–Trinajstić information content (AvgIpc) is 2.46. The number of nitrogens with one attached hydrogen (secondary N) is 1. The molecular formula is C16H21N3. The highest BCUT2D eigenvalue weighted by molar-refractivity contribution is 5.27. The molecule has 3 N–H and O–H groups in total. The summed E-state index contributed by atoms with van der Waals surface area (Å²) in [4.78, 5) is 4.34. The Labute approximate surface area is 114 Å². The van der Waals surface area contributed by atoms with Crippen LogP contribution in [0.15, 0.2) is 48.7 Å². The molecule has 1 aromatic carbocycles. The van der Waals surface area contributed by atoms with Gasteiger partial charge in [-0.1, -0.05) is 44.2 Å². The lowest BCUT2D eigenvalue weighted by Crippen LogP contribution is -2.29. The number of benzene rings is 1. The van der Waals surface area contributed by atoms with Crippen molar-refractivity contribution >= 4 is 0 Å². The fraction of sp³-hybridized carbons (Fsp3) is 0.312. The van der Waals surface area contributed by atoms with Crippen LogP contribution in [-0.4, -0.2) is 4.98 Å². The molecule has 2 rings (SSSR count). The lowest BCUT2D eigenvalue weighted by Gasteiger charge is -2.17. The summed E-state index contributed by atoms with van der Waals surface area (Å²) in [6, 6.07) is 14.7. The molecule has 1 unspecified atom stereocenters. The van der Waals surface area contributed by atoms with Crippen molar-refractivity contribution < 1.29 is 0 Å². The van der Waals surface area contributed by atoms with Gasteiger partial charge in [-0.2, -0.15) is 0 Å². The number of aromatic nitrogens is 1. The van der Waals surface area contributed by atoms with E-state index in [-0.39, 0.29) is 6.04 Å². The van der Waals surface area contributed by atoms with Gasteiger partial charge in [0.15, 0.2) is 0 Å². The third-order valence-electron chi connectivity index (χ3n) is 3.35. The smallest absolute Gasteiger partial charge is 0.0515 e. The van der Waals surface area contributed by atoms with Crippen molar-refractivity contribution in [2.24, 2.45) is 5.84 Å². The third kappa shape index (κ3) is 3.63. The molecule has 0 saturated carbocycles. The molecule has 0 bridgehead atoms. The summed E-state index contributed by atoms with van der Waals surface area (Å²) in [5, 5.41) is 0. The molecule has 1 heterocycles. The van der Waals surface area contributed by atoms with E-state index in [4.69, 9.17) is 5.84 Å². The van der Waals surface area contributed by atoms with E-state index in [0.29, 0.717) is 5.92 Å². The first-order chi connectivity index (χ1) is 9.20. The second kappa shape index (κ2) is 6.45. The van der Waals surface area contributed by atoms with Crippen LogP contribution in [0.4, 0.5) is 0 Å². The molecule has 100 valence electrons. The van der Waals surface area contributed by atoms with Crippen LogP contribution in [0.2, 0.25) is 0 Å². The molecule has 0 saturated heterocycles. The van der Waals surface area contributed by atoms with Gasteiger partial charge in [-0.15, -0.1) is 0 Å². The summed E-state index contributed by atoms with van der Waals surface area (Å²) in [5.41, 5.74) is 6.45. The van der Waals surface area contributed by atoms with Crippen molar-refractivity contribution in [3.05, 3.63) is 65.5 Å². The summed E-state index contributed by atoms with van der Waals surface area (Å²) in [5.74, 6) is 6.22. The van der Waals surface area contributed by atoms with Gasteiger partial charge in [0.25, 0.3) is 0 Å². The zero-order valence-electron chi connectivity index (χ0n) is 11.5. The molecule has 2 aromatic rings. The molecule has 0 aliphatic rings. The van der Waals surface area contributed by atoms with Gasteiger partial charge in [0.2, 0.25) is 0 Å². The highest BCUT2D eigenvalue weighted by Gasteiger charge is 2.11. The summed E-state index contributed by atoms with van der Waals surface area (Å²) in [6.07, 6.45) is 2.60. The van der Waals surface area contributed by atoms with Crippen molar-refractivity contribution in [2.45, 2.75) is 32.2 Å². The lowest BCUT2D eigenvalue weighted by molar-refractivity contribution is 0.545. The van der Waals surface area contributed by atoms with E-state index in [1.165, 1.54) is 11.1 Å². The lowest BCUT2D eigenvalue weighted by atomic mass is 9.97. The minimum atomic E-state index is 0.0936. The van der Waals surface area contributed by atoms with E-state index in [1.54, 1.807) is 0 Å². The van der Waals surface area contributed by atoms with Crippen LogP contribution < -0.4 is 11.3 Å². The maximum atomic E-state index is 5.67. The molecule has 0 fully saturated rings. The summed E-state index contributed by atoms with van der Waals surface area (Å²) in [7, 11) is 0. The van der Waals surface area contributed by atoms with Gasteiger partial charge >= 0.3 is 0 Å². The minimum absolute atomic E-state index is 0.0936. The number of nitrogens with two attached hydrogens (primary N) is 1. The normalized spacial score (nSPS) is 12.6. The zero-order valence-corrected chi connectivity index (χ0v) is 11.5. The van der Waals surface area contributed by atoms with Crippen LogP contribution in [0, 0.1) is 0 Å². The number of hydrogen-bond donors (Lipinski definition) is 2. The monoisotopic (exact) mass is 255 g/mol. The number of pyridine rings is 1. The van der Waals surface area contributed by atoms with E-state index in [0.717, 1.165) is 12.1 Å². The van der Waals surface area contributed by atoms with E-state index in [2.05, 4.69) is 48.5 Å². The Morgan fingerprint density at radius 2 is 1.74 bits per heavy atom. The maximum Gasteiger partial charge on any atom is 0.0515 e. The highest BCUT2D eigenvalue weighted by Crippen LogP contribution is 2.20. The van der Waals surface area contributed by atoms with Crippen molar-refractivity contribution in [3.8, 4) is 0 Å². The first-order valence-electron chi connectivity index (χ1n) is 6.66. The van der Waals surface area contributed by atoms with Crippen molar-refractivity contribution in [2.75, 3.05) is 0 Å². The average molecular weight is 255 g/mol. The van der Waals surface area contributed by atoms with Crippen LogP contribution in [0.5, 0.6) is 0 Å². The predicted octanol–water partition coefficient (Wildman–Crippen LogP) is 2.95. The summed E-state index contributed by atoms with van der Waals surface area (Å²) < 4.78 is 0. The molecule has 19 heavy (non-hydrogen) atoms. The molecule has 3 nitrogen and oxygen atoms in total. The van der Waals surface area contributed by atoms with Gasteiger partial charge in [-0.3, -0.25) is 16.3 Å². The SMILES string of the molecule is CC(C)c1ccc(C(Cc2ccccn2)NN)cc1. The zero-order chi connectivity index (χ0) is 13.7. The third-order valence-corrected chi connectivity index (χ3v) is 3.35. The van der Waals surface area contributed by atoms with E-state index < -0.39 is 0 Å². The number of rotatable bonds is 5. The Morgan fingerprint density at radius 3 is 2.26 bits per heavy atom. The van der Waals surface area contributed by atoms with Crippen LogP contribution in [-0.2, 0) is 6.42 Å². The van der Waals surface area contributed by atoms with Gasteiger partial charge in [0.05, 0.1) is 6.04 Å². The van der Waals surface area contributed by atoms with E-state index >= 15 is 0 Å². The van der Waals surface area contributed by atoms with Gasteiger partial charge < -0.3 is 0 Å². The number of hydrogen-bond acceptors (Lipinski definition) is 3. The Balaban J connectivity index is 2.13. The Hall–Kier alpha value is -1.71. The molecule has 0 radical (unpaired) electrons. The van der Waals surface area contributed by atoms with Gasteiger partial charge in [0, 0.05) is 18.3 Å². The van der Waals surface area contributed by atoms with Gasteiger partial charge in [-0.25, -0.2) is 0 Å². The van der Waals surface area contributed by atoms with Crippen molar-refractivity contribution in [3.63, 3.8) is 0 Å². The second-order valence-corrected chi connectivity index (χ2v) is 5.07. The quantitative estimate of drug-likeness (QED) is 0.638. The summed E-state index contributed by atoms with van der Waals surface area (Å²) >= 11 is 0. The van der Waals surface area contributed by atoms with Crippen LogP contribution in [0.3, 0.4) is 0 Å². The predicted molar refractivity (Wildman–Crippen MR) is 78.5 cm³/mol. The number of hydrazine groups is 1. The summed E-state index contributed by atoms with van der Waals surface area (Å²) in [6.45, 7) is 4.39. The van der Waals surface area contributed by atoms with Gasteiger partial charge in [0.1, 0.15) is 0 Å². The molecule has 0 amide bonds. The molecule has 1 atom stereocenters. The van der Waals surface area contributed by atoms with Gasteiger partial charge in [-0.05, 0) is 29.2 Å². The standard InChI is InChI=1S/C16H21N3/c1-12(2)13-6-8-14(9-7-13)16(19-17)11-15-5-3-4-10-18-15/h3-10,12,16,19H,11,17H2,1-2H3. The Bertz CT molecular complexity index is 491. The highest BCUT2D eigenvalue weighted by atomic mass is 15.2. The molecule has 0 spiro atoms. The molecule has 3 heteroatoms. The maximum absolute atomic E-state index is 5.67. The molecular weight excluding hydrogens is 234 g/mol. The van der Waals surface area contributed by atoms with Crippen molar-refractivity contribution in [1.29, 1.82) is 0 Å². The fourth-order valence-corrected chi connectivity index (χ4v) is 2.11. The Morgan fingerprint density at radius 1 is 1.05 bits per heavy atom. The molecule has 0 aliphatic carbocycles. The molecule has 1 aromatic heterocycles. The second-order valence-electron chi connectivity index (χ2n) is 5.07. The number of nitrogens with zero attached hydrogens (tertiary/aromatic N) is 1. The van der Waals surface area contributed by atoms with Crippen LogP contribution in [0.25, 0.3) is 0 Å². The Kier molecular flexibility index (Phi) is 4.66. The van der Waals surface area contributed by atoms with E-state index in [9.17, 15) is 0 Å². The van der Waals surface area contributed by atoms with Crippen LogP contribution in [0.1, 0.15) is 42.6 Å². The topological polar surface area (TPSA) is 50.9 Å². The van der Waals surface area contributed by atoms with Crippen molar-refractivity contribution in [1.82, 2.24) is 10.4 Å². The van der Waals surface area contributed by atoms with Crippen LogP contribution >= 0.6 is 0 Å². The molecule has 0 aliphatic heterocycles.